The van der Waals surface area contributed by atoms with Crippen LogP contribution in [0.3, 0.4) is 0 Å². The van der Waals surface area contributed by atoms with Crippen molar-refractivity contribution in [2.24, 2.45) is 11.7 Å². The van der Waals surface area contributed by atoms with Gasteiger partial charge in [0.15, 0.2) is 0 Å². The average Bonchev–Trinajstić information content (AvgIpc) is 3.12. The van der Waals surface area contributed by atoms with Crippen molar-refractivity contribution in [2.75, 3.05) is 0 Å². The number of thiazole rings is 1. The molecule has 2 atom stereocenters. The molecule has 0 aliphatic heterocycles. The van der Waals surface area contributed by atoms with Crippen molar-refractivity contribution in [3.05, 3.63) is 16.6 Å². The molecule has 1 heterocycles. The fraction of sp³-hybridized carbons (Fsp3) is 0.733. The monoisotopic (exact) mass is 293 g/mol. The molecule has 1 aromatic heterocycles. The Bertz CT molecular complexity index is 454. The van der Waals surface area contributed by atoms with E-state index >= 15 is 0 Å². The fourth-order valence-electron chi connectivity index (χ4n) is 3.71. The van der Waals surface area contributed by atoms with Gasteiger partial charge in [0, 0.05) is 24.0 Å². The summed E-state index contributed by atoms with van der Waals surface area (Å²) in [6, 6.07) is 0.208. The van der Waals surface area contributed by atoms with Crippen molar-refractivity contribution >= 4 is 17.2 Å². The first-order chi connectivity index (χ1) is 9.70. The molecule has 2 saturated carbocycles. The maximum absolute atomic E-state index is 12.4. The molecule has 2 fully saturated rings. The quantitative estimate of drug-likeness (QED) is 0.896. The van der Waals surface area contributed by atoms with Gasteiger partial charge in [-0.2, -0.15) is 0 Å². The lowest BCUT2D eigenvalue weighted by atomic mass is 9.95. The fourth-order valence-corrected chi connectivity index (χ4v) is 4.56. The molecule has 0 spiro atoms. The Hall–Kier alpha value is -0.940. The second-order valence-electron chi connectivity index (χ2n) is 6.23. The van der Waals surface area contributed by atoms with Crippen molar-refractivity contribution in [3.63, 3.8) is 0 Å². The largest absolute Gasteiger partial charge is 0.344 e. The minimum absolute atomic E-state index is 0.157. The van der Waals surface area contributed by atoms with Crippen LogP contribution in [0.15, 0.2) is 11.6 Å². The van der Waals surface area contributed by atoms with Crippen LogP contribution in [0.25, 0.3) is 0 Å². The minimum Gasteiger partial charge on any atom is -0.344 e. The first kappa shape index (κ1) is 14.0. The number of carbonyl (C=O) groups excluding carboxylic acids is 1. The van der Waals surface area contributed by atoms with E-state index in [2.05, 4.69) is 10.3 Å². The van der Waals surface area contributed by atoms with E-state index in [0.29, 0.717) is 12.3 Å². The first-order valence-electron chi connectivity index (χ1n) is 7.66. The lowest BCUT2D eigenvalue weighted by Crippen LogP contribution is -2.45. The van der Waals surface area contributed by atoms with E-state index in [4.69, 9.17) is 5.73 Å². The van der Waals surface area contributed by atoms with Crippen molar-refractivity contribution in [1.82, 2.24) is 10.3 Å². The van der Waals surface area contributed by atoms with Gasteiger partial charge in [-0.1, -0.05) is 19.3 Å². The van der Waals surface area contributed by atoms with Gasteiger partial charge in [-0.3, -0.25) is 4.79 Å². The van der Waals surface area contributed by atoms with Gasteiger partial charge < -0.3 is 11.1 Å². The summed E-state index contributed by atoms with van der Waals surface area (Å²) in [6.45, 7) is 0. The van der Waals surface area contributed by atoms with E-state index in [1.54, 1.807) is 11.3 Å². The van der Waals surface area contributed by atoms with Gasteiger partial charge in [-0.25, -0.2) is 4.98 Å². The van der Waals surface area contributed by atoms with E-state index < -0.39 is 0 Å². The van der Waals surface area contributed by atoms with Crippen LogP contribution in [-0.2, 0) is 10.3 Å². The van der Waals surface area contributed by atoms with E-state index in [0.717, 1.165) is 37.1 Å². The highest BCUT2D eigenvalue weighted by atomic mass is 32.1. The summed E-state index contributed by atoms with van der Waals surface area (Å²) in [5.74, 6) is 0.522. The predicted molar refractivity (Wildman–Crippen MR) is 80.3 cm³/mol. The highest BCUT2D eigenvalue weighted by molar-refractivity contribution is 7.09. The molecule has 0 radical (unpaired) electrons. The summed E-state index contributed by atoms with van der Waals surface area (Å²) < 4.78 is 0. The molecule has 4 nitrogen and oxygen atoms in total. The van der Waals surface area contributed by atoms with Crippen molar-refractivity contribution in [3.8, 4) is 0 Å². The highest BCUT2D eigenvalue weighted by Gasteiger charge is 2.39. The second kappa shape index (κ2) is 5.82. The Morgan fingerprint density at radius 2 is 2.20 bits per heavy atom. The lowest BCUT2D eigenvalue weighted by Gasteiger charge is -2.29. The maximum Gasteiger partial charge on any atom is 0.221 e. The van der Waals surface area contributed by atoms with Crippen LogP contribution in [0.2, 0.25) is 0 Å². The number of nitrogens with zero attached hydrogens (tertiary/aromatic N) is 1. The van der Waals surface area contributed by atoms with Gasteiger partial charge >= 0.3 is 0 Å². The molecule has 0 unspecified atom stereocenters. The first-order valence-corrected chi connectivity index (χ1v) is 8.54. The summed E-state index contributed by atoms with van der Waals surface area (Å²) in [5.41, 5.74) is 5.87. The molecular weight excluding hydrogens is 270 g/mol. The molecular formula is C15H23N3OS. The molecule has 110 valence electrons. The predicted octanol–water partition coefficient (Wildman–Crippen LogP) is 2.55. The van der Waals surface area contributed by atoms with Crippen LogP contribution in [0, 0.1) is 5.92 Å². The second-order valence-corrected chi connectivity index (χ2v) is 7.13. The summed E-state index contributed by atoms with van der Waals surface area (Å²) in [5, 5.41) is 6.36. The normalized spacial score (nSPS) is 28.6. The standard InChI is InChI=1S/C15H23N3OS/c16-12-5-3-4-11(12)10-13(19)18-15(6-1-2-7-15)14-17-8-9-20-14/h8-9,11-12H,1-7,10,16H2,(H,18,19)/t11-,12+/m0/s1. The van der Waals surface area contributed by atoms with Gasteiger partial charge in [0.05, 0.1) is 5.54 Å². The number of rotatable bonds is 4. The third-order valence-electron chi connectivity index (χ3n) is 4.84. The zero-order valence-electron chi connectivity index (χ0n) is 11.8. The SMILES string of the molecule is N[C@@H]1CCC[C@H]1CC(=O)NC1(c2nccs2)CCCC1. The van der Waals surface area contributed by atoms with Crippen LogP contribution in [0.5, 0.6) is 0 Å². The topological polar surface area (TPSA) is 68.0 Å². The molecule has 1 aromatic rings. The Morgan fingerprint density at radius 1 is 1.40 bits per heavy atom. The summed E-state index contributed by atoms with van der Waals surface area (Å²) >= 11 is 1.65. The zero-order valence-corrected chi connectivity index (χ0v) is 12.6. The number of hydrogen-bond donors (Lipinski definition) is 2. The minimum atomic E-state index is -0.200. The molecule has 2 aliphatic rings. The third kappa shape index (κ3) is 2.74. The van der Waals surface area contributed by atoms with Gasteiger partial charge in [0.25, 0.3) is 0 Å². The summed E-state index contributed by atoms with van der Waals surface area (Å²) in [6.07, 6.45) is 10.1. The van der Waals surface area contributed by atoms with Crippen LogP contribution < -0.4 is 11.1 Å². The number of nitrogens with two attached hydrogens (primary N) is 1. The summed E-state index contributed by atoms with van der Waals surface area (Å²) in [4.78, 5) is 16.9. The van der Waals surface area contributed by atoms with Gasteiger partial charge in [-0.15, -0.1) is 11.3 Å². The third-order valence-corrected chi connectivity index (χ3v) is 5.82. The number of carbonyl (C=O) groups is 1. The van der Waals surface area contributed by atoms with Crippen molar-refractivity contribution < 1.29 is 4.79 Å². The van der Waals surface area contributed by atoms with E-state index in [1.807, 2.05) is 11.6 Å². The molecule has 1 amide bonds. The number of amides is 1. The summed E-state index contributed by atoms with van der Waals surface area (Å²) in [7, 11) is 0. The lowest BCUT2D eigenvalue weighted by molar-refractivity contribution is -0.124. The average molecular weight is 293 g/mol. The van der Waals surface area contributed by atoms with Gasteiger partial charge in [-0.05, 0) is 31.6 Å². The van der Waals surface area contributed by atoms with E-state index in [9.17, 15) is 4.79 Å². The van der Waals surface area contributed by atoms with Crippen molar-refractivity contribution in [1.29, 1.82) is 0 Å². The molecule has 20 heavy (non-hydrogen) atoms. The number of aromatic nitrogens is 1. The number of nitrogens with one attached hydrogen (secondary N) is 1. The Balaban J connectivity index is 1.66. The molecule has 2 aliphatic carbocycles. The van der Waals surface area contributed by atoms with Crippen LogP contribution in [-0.4, -0.2) is 16.9 Å². The van der Waals surface area contributed by atoms with Crippen LogP contribution in [0.1, 0.15) is 56.4 Å². The van der Waals surface area contributed by atoms with Gasteiger partial charge in [0.2, 0.25) is 5.91 Å². The van der Waals surface area contributed by atoms with Crippen LogP contribution >= 0.6 is 11.3 Å². The maximum atomic E-state index is 12.4. The number of hydrogen-bond acceptors (Lipinski definition) is 4. The highest BCUT2D eigenvalue weighted by Crippen LogP contribution is 2.40. The Morgan fingerprint density at radius 3 is 2.80 bits per heavy atom. The van der Waals surface area contributed by atoms with Gasteiger partial charge in [0.1, 0.15) is 5.01 Å². The molecule has 0 saturated heterocycles. The van der Waals surface area contributed by atoms with Crippen LogP contribution in [0.4, 0.5) is 0 Å². The molecule has 3 N–H and O–H groups in total. The molecule has 0 bridgehead atoms. The zero-order chi connectivity index (χ0) is 14.0. The smallest absolute Gasteiger partial charge is 0.221 e. The van der Waals surface area contributed by atoms with E-state index in [-0.39, 0.29) is 17.5 Å². The molecule has 3 rings (SSSR count). The Labute approximate surface area is 124 Å². The molecule has 0 aromatic carbocycles. The molecule has 5 heteroatoms. The van der Waals surface area contributed by atoms with Crippen molar-refractivity contribution in [2.45, 2.75) is 62.9 Å². The van der Waals surface area contributed by atoms with E-state index in [1.165, 1.54) is 12.8 Å². The Kier molecular flexibility index (Phi) is 4.08.